The Morgan fingerprint density at radius 1 is 1.22 bits per heavy atom. The zero-order chi connectivity index (χ0) is 16.6. The van der Waals surface area contributed by atoms with Crippen LogP contribution in [-0.4, -0.2) is 35.2 Å². The number of carbonyl (C=O) groups is 3. The Kier molecular flexibility index (Phi) is 3.96. The van der Waals surface area contributed by atoms with Crippen LogP contribution < -0.4 is 4.90 Å². The maximum Gasteiger partial charge on any atom is 0.332 e. The molecular weight excluding hydrogens is 319 g/mol. The summed E-state index contributed by atoms with van der Waals surface area (Å²) in [4.78, 5) is 39.7. The number of imide groups is 1. The number of halogens is 1. The van der Waals surface area contributed by atoms with Gasteiger partial charge in [0.15, 0.2) is 5.78 Å². The lowest BCUT2D eigenvalue weighted by atomic mass is 10.2. The van der Waals surface area contributed by atoms with Gasteiger partial charge >= 0.3 is 6.03 Å². The van der Waals surface area contributed by atoms with Crippen molar-refractivity contribution in [3.63, 3.8) is 0 Å². The quantitative estimate of drug-likeness (QED) is 0.639. The Hall–Kier alpha value is -2.54. The van der Waals surface area contributed by atoms with Crippen LogP contribution >= 0.6 is 11.3 Å². The molecule has 23 heavy (non-hydrogen) atoms. The van der Waals surface area contributed by atoms with Gasteiger partial charge in [0.05, 0.1) is 11.4 Å². The van der Waals surface area contributed by atoms with Crippen molar-refractivity contribution in [3.05, 3.63) is 52.5 Å². The van der Waals surface area contributed by atoms with Gasteiger partial charge in [-0.1, -0.05) is 6.07 Å². The van der Waals surface area contributed by atoms with E-state index in [0.717, 1.165) is 4.90 Å². The van der Waals surface area contributed by atoms with Gasteiger partial charge in [-0.3, -0.25) is 19.4 Å². The van der Waals surface area contributed by atoms with Gasteiger partial charge in [-0.2, -0.15) is 0 Å². The maximum atomic E-state index is 13.0. The zero-order valence-electron chi connectivity index (χ0n) is 12.2. The van der Waals surface area contributed by atoms with Gasteiger partial charge in [0.2, 0.25) is 0 Å². The molecule has 1 unspecified atom stereocenters. The number of Topliss-reactive ketones (excluding diaryl/α,β-unsaturated/α-hetero) is 1. The minimum Gasteiger partial charge on any atom is -0.291 e. The van der Waals surface area contributed by atoms with E-state index in [-0.39, 0.29) is 12.3 Å². The predicted octanol–water partition coefficient (Wildman–Crippen LogP) is 2.93. The van der Waals surface area contributed by atoms with Crippen molar-refractivity contribution in [1.82, 2.24) is 4.90 Å². The third kappa shape index (κ3) is 2.75. The van der Waals surface area contributed by atoms with Crippen LogP contribution in [0.25, 0.3) is 0 Å². The molecular formula is C16H13FN2O3S. The second kappa shape index (κ2) is 5.92. The molecule has 0 N–H and O–H groups in total. The average molecular weight is 332 g/mol. The zero-order valence-corrected chi connectivity index (χ0v) is 13.0. The van der Waals surface area contributed by atoms with E-state index in [2.05, 4.69) is 0 Å². The number of amides is 3. The summed E-state index contributed by atoms with van der Waals surface area (Å²) in [6.07, 6.45) is 0. The number of hydrogen-bond acceptors (Lipinski definition) is 4. The van der Waals surface area contributed by atoms with E-state index < -0.39 is 23.8 Å². The minimum absolute atomic E-state index is 0.283. The molecule has 0 radical (unpaired) electrons. The topological polar surface area (TPSA) is 57.7 Å². The van der Waals surface area contributed by atoms with Crippen LogP contribution in [0.3, 0.4) is 0 Å². The van der Waals surface area contributed by atoms with E-state index in [4.69, 9.17) is 0 Å². The fourth-order valence-electron chi connectivity index (χ4n) is 2.47. The summed E-state index contributed by atoms with van der Waals surface area (Å²) in [6.45, 7) is 1.29. The normalized spacial score (nSPS) is 17.9. The van der Waals surface area contributed by atoms with Gasteiger partial charge in [-0.25, -0.2) is 9.18 Å². The molecule has 0 spiro atoms. The number of ketones is 1. The van der Waals surface area contributed by atoms with E-state index in [0.29, 0.717) is 10.6 Å². The lowest BCUT2D eigenvalue weighted by molar-refractivity contribution is -0.126. The van der Waals surface area contributed by atoms with Gasteiger partial charge < -0.3 is 0 Å². The van der Waals surface area contributed by atoms with Crippen molar-refractivity contribution in [2.75, 3.05) is 11.4 Å². The minimum atomic E-state index is -0.732. The number of rotatable bonds is 4. The highest BCUT2D eigenvalue weighted by atomic mass is 32.1. The highest BCUT2D eigenvalue weighted by Crippen LogP contribution is 2.26. The van der Waals surface area contributed by atoms with Crippen molar-refractivity contribution in [3.8, 4) is 0 Å². The summed E-state index contributed by atoms with van der Waals surface area (Å²) in [5.41, 5.74) is 0.420. The fourth-order valence-corrected chi connectivity index (χ4v) is 3.12. The van der Waals surface area contributed by atoms with Crippen LogP contribution in [0.5, 0.6) is 0 Å². The van der Waals surface area contributed by atoms with E-state index in [1.807, 2.05) is 0 Å². The van der Waals surface area contributed by atoms with E-state index in [1.54, 1.807) is 24.4 Å². The molecule has 0 bridgehead atoms. The van der Waals surface area contributed by atoms with E-state index in [1.165, 1.54) is 40.5 Å². The van der Waals surface area contributed by atoms with Crippen molar-refractivity contribution in [2.24, 2.45) is 0 Å². The van der Waals surface area contributed by atoms with Crippen molar-refractivity contribution >= 4 is 34.7 Å². The van der Waals surface area contributed by atoms with Gasteiger partial charge in [-0.05, 0) is 42.6 Å². The molecule has 1 aliphatic heterocycles. The SMILES string of the molecule is CC1C(=O)N(CC(=O)c2cccs2)C(=O)N1c1ccc(F)cc1. The van der Waals surface area contributed by atoms with Crippen LogP contribution in [0.15, 0.2) is 41.8 Å². The summed E-state index contributed by atoms with van der Waals surface area (Å²) in [5, 5.41) is 1.76. The molecule has 1 atom stereocenters. The molecule has 1 fully saturated rings. The van der Waals surface area contributed by atoms with E-state index in [9.17, 15) is 18.8 Å². The molecule has 3 rings (SSSR count). The molecule has 0 aliphatic carbocycles. The van der Waals surface area contributed by atoms with Crippen LogP contribution in [0.4, 0.5) is 14.9 Å². The largest absolute Gasteiger partial charge is 0.332 e. The number of hydrogen-bond donors (Lipinski definition) is 0. The number of thiophene rings is 1. The molecule has 1 aromatic heterocycles. The highest BCUT2D eigenvalue weighted by molar-refractivity contribution is 7.12. The maximum absolute atomic E-state index is 13.0. The van der Waals surface area contributed by atoms with Crippen LogP contribution in [0.2, 0.25) is 0 Å². The van der Waals surface area contributed by atoms with Gasteiger partial charge in [0, 0.05) is 5.69 Å². The summed E-state index contributed by atoms with van der Waals surface area (Å²) in [7, 11) is 0. The molecule has 1 aliphatic rings. The number of nitrogens with zero attached hydrogens (tertiary/aromatic N) is 2. The Morgan fingerprint density at radius 3 is 2.52 bits per heavy atom. The van der Waals surface area contributed by atoms with Crippen molar-refractivity contribution in [2.45, 2.75) is 13.0 Å². The predicted molar refractivity (Wildman–Crippen MR) is 84.1 cm³/mol. The Morgan fingerprint density at radius 2 is 1.91 bits per heavy atom. The highest BCUT2D eigenvalue weighted by Gasteiger charge is 2.44. The Bertz CT molecular complexity index is 758. The van der Waals surface area contributed by atoms with Crippen LogP contribution in [0.1, 0.15) is 16.6 Å². The summed E-state index contributed by atoms with van der Waals surface area (Å²) < 4.78 is 13.0. The van der Waals surface area contributed by atoms with Crippen LogP contribution in [-0.2, 0) is 4.79 Å². The average Bonchev–Trinajstić information content (AvgIpc) is 3.13. The number of benzene rings is 1. The molecule has 3 amide bonds. The first-order valence-electron chi connectivity index (χ1n) is 6.96. The summed E-state index contributed by atoms with van der Waals surface area (Å²) in [5.74, 6) is -1.15. The first-order chi connectivity index (χ1) is 11.0. The molecule has 0 saturated carbocycles. The second-order valence-electron chi connectivity index (χ2n) is 5.13. The summed E-state index contributed by atoms with van der Waals surface area (Å²) in [6, 6.07) is 7.39. The molecule has 2 heterocycles. The van der Waals surface area contributed by atoms with Crippen LogP contribution in [0, 0.1) is 5.82 Å². The number of carbonyl (C=O) groups excluding carboxylic acids is 3. The molecule has 1 saturated heterocycles. The third-order valence-corrected chi connectivity index (χ3v) is 4.56. The summed E-state index contributed by atoms with van der Waals surface area (Å²) >= 11 is 1.26. The monoisotopic (exact) mass is 332 g/mol. The first-order valence-corrected chi connectivity index (χ1v) is 7.84. The molecule has 7 heteroatoms. The number of anilines is 1. The second-order valence-corrected chi connectivity index (χ2v) is 6.08. The van der Waals surface area contributed by atoms with Crippen molar-refractivity contribution < 1.29 is 18.8 Å². The van der Waals surface area contributed by atoms with Gasteiger partial charge in [0.25, 0.3) is 5.91 Å². The lowest BCUT2D eigenvalue weighted by Gasteiger charge is -2.19. The Labute approximate surface area is 135 Å². The van der Waals surface area contributed by atoms with Gasteiger partial charge in [0.1, 0.15) is 11.9 Å². The fraction of sp³-hybridized carbons (Fsp3) is 0.188. The first kappa shape index (κ1) is 15.4. The molecule has 118 valence electrons. The Balaban J connectivity index is 1.83. The molecule has 1 aromatic carbocycles. The standard InChI is InChI=1S/C16H13FN2O3S/c1-10-15(21)18(9-13(20)14-3-2-8-23-14)16(22)19(10)12-6-4-11(17)5-7-12/h2-8,10H,9H2,1H3. The van der Waals surface area contributed by atoms with Crippen molar-refractivity contribution in [1.29, 1.82) is 0 Å². The van der Waals surface area contributed by atoms with Gasteiger partial charge in [-0.15, -0.1) is 11.3 Å². The molecule has 2 aromatic rings. The number of urea groups is 1. The van der Waals surface area contributed by atoms with E-state index >= 15 is 0 Å². The third-order valence-electron chi connectivity index (χ3n) is 3.65. The lowest BCUT2D eigenvalue weighted by Crippen LogP contribution is -2.36. The smallest absolute Gasteiger partial charge is 0.291 e. The molecule has 5 nitrogen and oxygen atoms in total.